The van der Waals surface area contributed by atoms with Gasteiger partial charge in [0.15, 0.2) is 0 Å². The van der Waals surface area contributed by atoms with Gasteiger partial charge in [-0.15, -0.1) is 11.3 Å². The van der Waals surface area contributed by atoms with Crippen LogP contribution >= 0.6 is 11.3 Å². The summed E-state index contributed by atoms with van der Waals surface area (Å²) in [4.78, 5) is 23.4. The third-order valence-corrected chi connectivity index (χ3v) is 5.70. The van der Waals surface area contributed by atoms with Crippen molar-refractivity contribution >= 4 is 17.2 Å². The van der Waals surface area contributed by atoms with Crippen molar-refractivity contribution in [2.45, 2.75) is 38.1 Å². The molecule has 4 heterocycles. The van der Waals surface area contributed by atoms with E-state index >= 15 is 0 Å². The molecule has 4 rings (SSSR count). The number of aromatic nitrogens is 2. The van der Waals surface area contributed by atoms with Crippen LogP contribution in [0.3, 0.4) is 0 Å². The zero-order chi connectivity index (χ0) is 17.1. The number of rotatable bonds is 5. The maximum Gasteiger partial charge on any atom is 0.249 e. The van der Waals surface area contributed by atoms with Gasteiger partial charge in [0, 0.05) is 24.3 Å². The maximum atomic E-state index is 12.4. The number of likely N-dealkylation sites (tertiary alicyclic amines) is 1. The average molecular weight is 358 g/mol. The fourth-order valence-corrected chi connectivity index (χ4v) is 4.28. The number of thiazole rings is 1. The second-order valence-corrected chi connectivity index (χ2v) is 7.63. The lowest BCUT2D eigenvalue weighted by molar-refractivity contribution is -0.133. The van der Waals surface area contributed by atoms with Gasteiger partial charge in [-0.05, 0) is 37.4 Å². The zero-order valence-electron chi connectivity index (χ0n) is 14.0. The molecule has 0 aromatic carbocycles. The van der Waals surface area contributed by atoms with Crippen LogP contribution in [0.1, 0.15) is 23.5 Å². The van der Waals surface area contributed by atoms with Crippen molar-refractivity contribution < 1.29 is 9.53 Å². The average Bonchev–Trinajstić information content (AvgIpc) is 3.30. The molecule has 2 aromatic rings. The van der Waals surface area contributed by atoms with E-state index in [1.54, 1.807) is 17.5 Å². The van der Waals surface area contributed by atoms with Gasteiger partial charge in [0.1, 0.15) is 11.1 Å². The first-order chi connectivity index (χ1) is 12.3. The summed E-state index contributed by atoms with van der Waals surface area (Å²) in [6.45, 7) is 3.26. The number of piperidine rings is 1. The van der Waals surface area contributed by atoms with Crippen LogP contribution < -0.4 is 5.32 Å². The summed E-state index contributed by atoms with van der Waals surface area (Å²) in [7, 11) is 0. The Morgan fingerprint density at radius 3 is 3.12 bits per heavy atom. The van der Waals surface area contributed by atoms with Crippen LogP contribution in [0.5, 0.6) is 0 Å². The quantitative estimate of drug-likeness (QED) is 0.883. The number of hydrogen-bond donors (Lipinski definition) is 1. The number of nitrogens with one attached hydrogen (secondary N) is 1. The number of fused-ring (bicyclic) bond motifs is 1. The Morgan fingerprint density at radius 2 is 2.32 bits per heavy atom. The number of ether oxygens (including phenoxy) is 1. The number of pyridine rings is 1. The molecule has 3 atom stereocenters. The first-order valence-corrected chi connectivity index (χ1v) is 9.59. The van der Waals surface area contributed by atoms with E-state index in [1.807, 2.05) is 29.8 Å². The normalized spacial score (nSPS) is 26.3. The topological polar surface area (TPSA) is 67.4 Å². The zero-order valence-corrected chi connectivity index (χ0v) is 14.8. The standard InChI is InChI=1S/C18H22N4O2S/c23-18(21-10-14-3-1-2-5-19-14)15-9-13-4-7-22(11-16(13)24-15)12-17-20-6-8-25-17/h1-3,5-6,8,13,15-16H,4,7,9-12H2,(H,21,23)/t13-,15+,16-/m1/s1. The molecule has 0 spiro atoms. The molecule has 2 fully saturated rings. The lowest BCUT2D eigenvalue weighted by Crippen LogP contribution is -2.42. The Bertz CT molecular complexity index is 694. The van der Waals surface area contributed by atoms with Crippen molar-refractivity contribution in [3.63, 3.8) is 0 Å². The van der Waals surface area contributed by atoms with Crippen LogP contribution in [-0.2, 0) is 22.6 Å². The molecule has 1 N–H and O–H groups in total. The Labute approximate surface area is 151 Å². The molecule has 132 valence electrons. The van der Waals surface area contributed by atoms with E-state index in [1.165, 1.54) is 0 Å². The van der Waals surface area contributed by atoms with Gasteiger partial charge in [-0.2, -0.15) is 0 Å². The number of carbonyl (C=O) groups excluding carboxylic acids is 1. The third kappa shape index (κ3) is 4.05. The third-order valence-electron chi connectivity index (χ3n) is 4.94. The van der Waals surface area contributed by atoms with E-state index in [-0.39, 0.29) is 18.1 Å². The van der Waals surface area contributed by atoms with Crippen molar-refractivity contribution in [1.29, 1.82) is 0 Å². The molecule has 6 nitrogen and oxygen atoms in total. The highest BCUT2D eigenvalue weighted by atomic mass is 32.1. The van der Waals surface area contributed by atoms with Gasteiger partial charge in [0.25, 0.3) is 0 Å². The van der Waals surface area contributed by atoms with E-state index < -0.39 is 0 Å². The first kappa shape index (κ1) is 16.6. The van der Waals surface area contributed by atoms with Crippen LogP contribution in [0.25, 0.3) is 0 Å². The summed E-state index contributed by atoms with van der Waals surface area (Å²) in [5, 5.41) is 6.10. The minimum Gasteiger partial charge on any atom is -0.364 e. The largest absolute Gasteiger partial charge is 0.364 e. The Morgan fingerprint density at radius 1 is 1.36 bits per heavy atom. The number of carbonyl (C=O) groups is 1. The lowest BCUT2D eigenvalue weighted by Gasteiger charge is -2.33. The molecular weight excluding hydrogens is 336 g/mol. The maximum absolute atomic E-state index is 12.4. The highest BCUT2D eigenvalue weighted by Gasteiger charge is 2.41. The molecule has 2 saturated heterocycles. The summed E-state index contributed by atoms with van der Waals surface area (Å²) in [5.74, 6) is 0.463. The minimum atomic E-state index is -0.335. The molecule has 0 radical (unpaired) electrons. The van der Waals surface area contributed by atoms with Crippen molar-refractivity contribution in [3.8, 4) is 0 Å². The van der Waals surface area contributed by atoms with Crippen LogP contribution in [0.15, 0.2) is 36.0 Å². The second kappa shape index (κ2) is 7.59. The Kier molecular flexibility index (Phi) is 5.05. The summed E-state index contributed by atoms with van der Waals surface area (Å²) in [6, 6.07) is 5.70. The molecule has 0 saturated carbocycles. The molecule has 0 bridgehead atoms. The summed E-state index contributed by atoms with van der Waals surface area (Å²) in [6.07, 6.45) is 5.31. The van der Waals surface area contributed by atoms with Crippen LogP contribution in [-0.4, -0.2) is 46.1 Å². The van der Waals surface area contributed by atoms with Gasteiger partial charge >= 0.3 is 0 Å². The molecule has 7 heteroatoms. The van der Waals surface area contributed by atoms with Crippen molar-refractivity contribution in [3.05, 3.63) is 46.7 Å². The van der Waals surface area contributed by atoms with Crippen molar-refractivity contribution in [2.24, 2.45) is 5.92 Å². The molecule has 0 aliphatic carbocycles. The Hall–Kier alpha value is -1.83. The first-order valence-electron chi connectivity index (χ1n) is 8.72. The molecule has 1 amide bonds. The van der Waals surface area contributed by atoms with Crippen molar-refractivity contribution in [2.75, 3.05) is 13.1 Å². The summed E-state index contributed by atoms with van der Waals surface area (Å²) < 4.78 is 6.07. The number of amides is 1. The van der Waals surface area contributed by atoms with Crippen LogP contribution in [0.2, 0.25) is 0 Å². The second-order valence-electron chi connectivity index (χ2n) is 6.65. The SMILES string of the molecule is O=C(NCc1ccccn1)[C@@H]1C[C@H]2CCN(Cc3nccs3)C[C@H]2O1. The number of nitrogens with zero attached hydrogens (tertiary/aromatic N) is 3. The summed E-state index contributed by atoms with van der Waals surface area (Å²) in [5.41, 5.74) is 0.862. The molecular formula is C18H22N4O2S. The highest BCUT2D eigenvalue weighted by Crippen LogP contribution is 2.33. The fraction of sp³-hybridized carbons (Fsp3) is 0.500. The predicted molar refractivity (Wildman–Crippen MR) is 94.9 cm³/mol. The van der Waals surface area contributed by atoms with Gasteiger partial charge in [0.2, 0.25) is 5.91 Å². The van der Waals surface area contributed by atoms with E-state index in [0.717, 1.165) is 43.2 Å². The summed E-state index contributed by atoms with van der Waals surface area (Å²) >= 11 is 1.69. The van der Waals surface area contributed by atoms with E-state index in [2.05, 4.69) is 20.2 Å². The van der Waals surface area contributed by atoms with E-state index in [9.17, 15) is 4.79 Å². The molecule has 2 aliphatic rings. The smallest absolute Gasteiger partial charge is 0.249 e. The van der Waals surface area contributed by atoms with Crippen LogP contribution in [0.4, 0.5) is 0 Å². The van der Waals surface area contributed by atoms with E-state index in [4.69, 9.17) is 4.74 Å². The lowest BCUT2D eigenvalue weighted by atomic mass is 9.91. The van der Waals surface area contributed by atoms with Gasteiger partial charge < -0.3 is 10.1 Å². The van der Waals surface area contributed by atoms with E-state index in [0.29, 0.717) is 12.5 Å². The molecule has 2 aliphatic heterocycles. The van der Waals surface area contributed by atoms with Gasteiger partial charge in [-0.3, -0.25) is 14.7 Å². The van der Waals surface area contributed by atoms with Crippen LogP contribution in [0, 0.1) is 5.92 Å². The predicted octanol–water partition coefficient (Wildman–Crippen LogP) is 1.83. The number of hydrogen-bond acceptors (Lipinski definition) is 6. The molecule has 2 aromatic heterocycles. The monoisotopic (exact) mass is 358 g/mol. The van der Waals surface area contributed by atoms with Gasteiger partial charge in [0.05, 0.1) is 24.9 Å². The Balaban J connectivity index is 1.28. The highest BCUT2D eigenvalue weighted by molar-refractivity contribution is 7.09. The molecule has 0 unspecified atom stereocenters. The molecule has 25 heavy (non-hydrogen) atoms. The van der Waals surface area contributed by atoms with Gasteiger partial charge in [-0.1, -0.05) is 6.07 Å². The van der Waals surface area contributed by atoms with Crippen molar-refractivity contribution in [1.82, 2.24) is 20.2 Å². The van der Waals surface area contributed by atoms with Gasteiger partial charge in [-0.25, -0.2) is 4.98 Å². The fourth-order valence-electron chi connectivity index (χ4n) is 3.62. The minimum absolute atomic E-state index is 0.0217.